The summed E-state index contributed by atoms with van der Waals surface area (Å²) in [5, 5.41) is 3.15. The Labute approximate surface area is 340 Å². The fourth-order valence-corrected chi connectivity index (χ4v) is 8.32. The van der Waals surface area contributed by atoms with Crippen molar-refractivity contribution >= 4 is 76.0 Å². The van der Waals surface area contributed by atoms with Crippen LogP contribution in [0.25, 0.3) is 121 Å². The summed E-state index contributed by atoms with van der Waals surface area (Å²) in [6.45, 7) is 0. The number of fused-ring (bicyclic) bond motifs is 8. The second-order valence-corrected chi connectivity index (χ2v) is 13.7. The summed E-state index contributed by atoms with van der Waals surface area (Å²) >= 11 is 0. The molecular formula is C54H32O2. The molecule has 2 heteroatoms. The first-order valence-electron chi connectivity index (χ1n) is 24.6. The topological polar surface area (TPSA) is 26.3 Å². The van der Waals surface area contributed by atoms with Gasteiger partial charge in [0.05, 0.1) is 23.4 Å². The molecule has 0 saturated carbocycles. The molecule has 0 unspecified atom stereocenters. The van der Waals surface area contributed by atoms with Crippen LogP contribution in [0.3, 0.4) is 0 Å². The summed E-state index contributed by atoms with van der Waals surface area (Å²) in [5.74, 6) is 0.475. The molecule has 2 aromatic heterocycles. The number of hydrogen-bond donors (Lipinski definition) is 0. The first-order valence-corrected chi connectivity index (χ1v) is 18.1. The first kappa shape index (κ1) is 20.9. The van der Waals surface area contributed by atoms with Crippen molar-refractivity contribution < 1.29 is 26.7 Å². The van der Waals surface area contributed by atoms with Crippen molar-refractivity contribution in [2.75, 3.05) is 0 Å². The molecule has 12 rings (SSSR count). The van der Waals surface area contributed by atoms with Crippen molar-refractivity contribution in [1.29, 1.82) is 0 Å². The standard InChI is InChI=1S/C54H32O2/c1-2-17-35(18-3-1)48-46-32-45-39-22-12-13-28-47(39)55-53(45)51(54(46)56-52(48)37-30-29-33-15-4-5-19-36(33)31-37)50-43-25-10-8-23-41(43)49(42-24-9-11-26-44(42)50)40-27-14-20-34-16-6-7-21-38(34)40/h1-32H/i6D,7D,8D,9D,10D,11D,14D,16D,20D,23D,25D,26D,27D. The van der Waals surface area contributed by atoms with Crippen LogP contribution in [-0.4, -0.2) is 0 Å². The van der Waals surface area contributed by atoms with Crippen molar-refractivity contribution in [2.24, 2.45) is 0 Å². The molecule has 0 saturated heterocycles. The monoisotopic (exact) mass is 725 g/mol. The minimum Gasteiger partial charge on any atom is -0.455 e. The SMILES string of the molecule is [2H]c1cc2c(-c3c4cc([2H])c([2H])c([2H])c4c(-c4c5oc(-c6ccc7ccccc7c6)c(-c6ccccc6)c5cc5c4oc4ccccc45)c4c([2H])c([2H])c([2H])c([2H])c34)c([2H])c([2H])c([2H])c2c([2H])c1[2H]. The maximum atomic E-state index is 9.83. The number of para-hydroxylation sites is 1. The van der Waals surface area contributed by atoms with Crippen LogP contribution >= 0.6 is 0 Å². The molecule has 0 radical (unpaired) electrons. The normalized spacial score (nSPS) is 15.2. The lowest BCUT2D eigenvalue weighted by molar-refractivity contribution is 0.630. The van der Waals surface area contributed by atoms with E-state index in [9.17, 15) is 6.85 Å². The second-order valence-electron chi connectivity index (χ2n) is 13.7. The van der Waals surface area contributed by atoms with Gasteiger partial charge in [-0.15, -0.1) is 0 Å². The van der Waals surface area contributed by atoms with Gasteiger partial charge in [0.25, 0.3) is 0 Å². The highest BCUT2D eigenvalue weighted by Gasteiger charge is 2.28. The second kappa shape index (κ2) is 12.0. The smallest absolute Gasteiger partial charge is 0.147 e. The zero-order chi connectivity index (χ0) is 48.1. The van der Waals surface area contributed by atoms with Crippen LogP contribution in [0.1, 0.15) is 17.8 Å². The Morgan fingerprint density at radius 3 is 1.89 bits per heavy atom. The van der Waals surface area contributed by atoms with Gasteiger partial charge in [0.2, 0.25) is 0 Å². The van der Waals surface area contributed by atoms with E-state index in [1.165, 1.54) is 12.1 Å². The van der Waals surface area contributed by atoms with Gasteiger partial charge in [-0.1, -0.05) is 176 Å². The predicted molar refractivity (Wildman–Crippen MR) is 235 cm³/mol. The number of benzene rings is 10. The van der Waals surface area contributed by atoms with Crippen LogP contribution in [0.15, 0.2) is 203 Å². The van der Waals surface area contributed by atoms with Gasteiger partial charge in [-0.2, -0.15) is 0 Å². The molecule has 0 aliphatic rings. The van der Waals surface area contributed by atoms with E-state index in [1.807, 2.05) is 97.1 Å². The van der Waals surface area contributed by atoms with Crippen LogP contribution in [-0.2, 0) is 0 Å². The highest BCUT2D eigenvalue weighted by molar-refractivity contribution is 6.30. The van der Waals surface area contributed by atoms with E-state index in [0.717, 1.165) is 21.9 Å². The Hall–Kier alpha value is -7.42. The van der Waals surface area contributed by atoms with Crippen molar-refractivity contribution in [2.45, 2.75) is 0 Å². The summed E-state index contributed by atoms with van der Waals surface area (Å²) in [7, 11) is 0. The highest BCUT2D eigenvalue weighted by atomic mass is 16.3. The van der Waals surface area contributed by atoms with Gasteiger partial charge in [0.15, 0.2) is 0 Å². The maximum Gasteiger partial charge on any atom is 0.147 e. The minimum absolute atomic E-state index is 0.0145. The van der Waals surface area contributed by atoms with Gasteiger partial charge in [-0.3, -0.25) is 0 Å². The number of hydrogen-bond acceptors (Lipinski definition) is 2. The van der Waals surface area contributed by atoms with E-state index in [-0.39, 0.29) is 65.7 Å². The van der Waals surface area contributed by atoms with Gasteiger partial charge < -0.3 is 8.83 Å². The average molecular weight is 726 g/mol. The molecule has 0 fully saturated rings. The van der Waals surface area contributed by atoms with Gasteiger partial charge in [0.1, 0.15) is 22.5 Å². The Morgan fingerprint density at radius 1 is 0.339 bits per heavy atom. The van der Waals surface area contributed by atoms with Crippen molar-refractivity contribution in [3.8, 4) is 44.7 Å². The van der Waals surface area contributed by atoms with Gasteiger partial charge >= 0.3 is 0 Å². The van der Waals surface area contributed by atoms with Crippen LogP contribution in [0, 0.1) is 0 Å². The van der Waals surface area contributed by atoms with Crippen LogP contribution in [0.5, 0.6) is 0 Å². The summed E-state index contributed by atoms with van der Waals surface area (Å²) in [5.41, 5.74) is 3.08. The maximum absolute atomic E-state index is 9.83. The first-order chi connectivity index (χ1) is 33.2. The molecule has 0 aliphatic heterocycles. The van der Waals surface area contributed by atoms with Gasteiger partial charge in [-0.25, -0.2) is 0 Å². The third kappa shape index (κ3) is 4.50. The highest BCUT2D eigenvalue weighted by Crippen LogP contribution is 2.53. The van der Waals surface area contributed by atoms with Crippen molar-refractivity contribution in [3.63, 3.8) is 0 Å². The van der Waals surface area contributed by atoms with E-state index in [4.69, 9.17) is 19.8 Å². The molecule has 0 bridgehead atoms. The number of rotatable bonds is 4. The Balaban J connectivity index is 1.38. The molecule has 0 N–H and O–H groups in total. The third-order valence-electron chi connectivity index (χ3n) is 10.7. The molecule has 0 amide bonds. The fourth-order valence-electron chi connectivity index (χ4n) is 8.32. The Morgan fingerprint density at radius 2 is 1.02 bits per heavy atom. The van der Waals surface area contributed by atoms with E-state index < -0.39 is 78.6 Å². The molecule has 2 heterocycles. The molecule has 12 aromatic rings. The van der Waals surface area contributed by atoms with Crippen molar-refractivity contribution in [3.05, 3.63) is 194 Å². The van der Waals surface area contributed by atoms with E-state index >= 15 is 0 Å². The lowest BCUT2D eigenvalue weighted by Crippen LogP contribution is -1.92. The summed E-state index contributed by atoms with van der Waals surface area (Å²) < 4.78 is 133. The molecule has 0 aliphatic carbocycles. The fraction of sp³-hybridized carbons (Fsp3) is 0. The lowest BCUT2D eigenvalue weighted by atomic mass is 9.84. The summed E-state index contributed by atoms with van der Waals surface area (Å²) in [6.07, 6.45) is 0. The zero-order valence-corrected chi connectivity index (χ0v) is 29.3. The van der Waals surface area contributed by atoms with Crippen molar-refractivity contribution in [1.82, 2.24) is 0 Å². The number of furan rings is 2. The zero-order valence-electron chi connectivity index (χ0n) is 42.3. The Kier molecular flexibility index (Phi) is 4.49. The quantitative estimate of drug-likeness (QED) is 0.169. The summed E-state index contributed by atoms with van der Waals surface area (Å²) in [4.78, 5) is 0. The molecule has 2 nitrogen and oxygen atoms in total. The molecule has 0 spiro atoms. The lowest BCUT2D eigenvalue weighted by Gasteiger charge is -2.19. The largest absolute Gasteiger partial charge is 0.455 e. The summed E-state index contributed by atoms with van der Waals surface area (Å²) in [6, 6.07) is 28.3. The van der Waals surface area contributed by atoms with Crippen LogP contribution < -0.4 is 0 Å². The molecule has 56 heavy (non-hydrogen) atoms. The Bertz CT molecular complexity index is 4280. The molecule has 10 aromatic carbocycles. The van der Waals surface area contributed by atoms with E-state index in [1.54, 1.807) is 6.07 Å². The minimum atomic E-state index is -0.654. The average Bonchev–Trinajstić information content (AvgIpc) is 3.93. The third-order valence-corrected chi connectivity index (χ3v) is 10.7. The molecule has 0 atom stereocenters. The van der Waals surface area contributed by atoms with Gasteiger partial charge in [-0.05, 0) is 78.0 Å². The van der Waals surface area contributed by atoms with Crippen LogP contribution in [0.2, 0.25) is 0 Å². The van der Waals surface area contributed by atoms with Crippen LogP contribution in [0.4, 0.5) is 0 Å². The predicted octanol–water partition coefficient (Wildman–Crippen LogP) is 15.6. The van der Waals surface area contributed by atoms with E-state index in [0.29, 0.717) is 33.1 Å². The molecular weight excluding hydrogens is 681 g/mol. The van der Waals surface area contributed by atoms with E-state index in [2.05, 4.69) is 0 Å². The van der Waals surface area contributed by atoms with Gasteiger partial charge in [0, 0.05) is 32.8 Å². The molecule has 260 valence electrons.